The molecule has 2 aromatic carbocycles. The van der Waals surface area contributed by atoms with Gasteiger partial charge in [-0.05, 0) is 17.7 Å². The SMILES string of the molecule is COC(=O)C1Cc2c([nH]c3ccccc23)C(c2cc(Cl)c(OC)cc2OC)N1. The lowest BCUT2D eigenvalue weighted by Crippen LogP contribution is -2.45. The smallest absolute Gasteiger partial charge is 0.323 e. The molecule has 0 fully saturated rings. The number of methoxy groups -OCH3 is 3. The molecule has 3 aromatic rings. The van der Waals surface area contributed by atoms with E-state index in [1.54, 1.807) is 20.3 Å². The highest BCUT2D eigenvalue weighted by atomic mass is 35.5. The van der Waals surface area contributed by atoms with Crippen LogP contribution in [0.15, 0.2) is 36.4 Å². The molecular formula is C21H21ClN2O4. The van der Waals surface area contributed by atoms with E-state index in [0.29, 0.717) is 22.9 Å². The van der Waals surface area contributed by atoms with Gasteiger partial charge in [0.1, 0.15) is 17.5 Å². The van der Waals surface area contributed by atoms with Crippen molar-refractivity contribution in [2.75, 3.05) is 21.3 Å². The van der Waals surface area contributed by atoms with Crippen LogP contribution in [0.2, 0.25) is 5.02 Å². The molecule has 1 aliphatic heterocycles. The minimum Gasteiger partial charge on any atom is -0.496 e. The molecule has 0 aliphatic carbocycles. The second kappa shape index (κ2) is 7.37. The van der Waals surface area contributed by atoms with Gasteiger partial charge in [-0.3, -0.25) is 10.1 Å². The van der Waals surface area contributed by atoms with Crippen molar-refractivity contribution >= 4 is 28.5 Å². The number of H-pyrrole nitrogens is 1. The van der Waals surface area contributed by atoms with Gasteiger partial charge in [0.15, 0.2) is 0 Å². The third-order valence-corrected chi connectivity index (χ3v) is 5.51. The third kappa shape index (κ3) is 2.99. The summed E-state index contributed by atoms with van der Waals surface area (Å²) in [6.45, 7) is 0. The molecule has 7 heteroatoms. The van der Waals surface area contributed by atoms with Crippen LogP contribution in [0.3, 0.4) is 0 Å². The van der Waals surface area contributed by atoms with Gasteiger partial charge < -0.3 is 19.2 Å². The standard InChI is InChI=1S/C21H21ClN2O4/c1-26-17-10-18(27-2)14(22)8-13(17)20-19-12(9-16(24-20)21(25)28-3)11-6-4-5-7-15(11)23-19/h4-8,10,16,20,23-24H,9H2,1-3H3. The van der Waals surface area contributed by atoms with Crippen LogP contribution in [-0.4, -0.2) is 38.3 Å². The van der Waals surface area contributed by atoms with E-state index < -0.39 is 6.04 Å². The number of halogens is 1. The van der Waals surface area contributed by atoms with Gasteiger partial charge in [-0.25, -0.2) is 0 Å². The number of hydrogen-bond acceptors (Lipinski definition) is 5. The molecule has 2 unspecified atom stereocenters. The number of aromatic nitrogens is 1. The minimum atomic E-state index is -0.479. The second-order valence-corrected chi connectivity index (χ2v) is 7.08. The fourth-order valence-corrected chi connectivity index (χ4v) is 4.13. The van der Waals surface area contributed by atoms with Crippen LogP contribution in [0.25, 0.3) is 10.9 Å². The van der Waals surface area contributed by atoms with Gasteiger partial charge in [0.05, 0.1) is 32.4 Å². The predicted octanol–water partition coefficient (Wildman–Crippen LogP) is 3.62. The summed E-state index contributed by atoms with van der Waals surface area (Å²) in [5, 5.41) is 4.96. The number of fused-ring (bicyclic) bond motifs is 3. The van der Waals surface area contributed by atoms with E-state index in [-0.39, 0.29) is 12.0 Å². The Morgan fingerprint density at radius 1 is 1.11 bits per heavy atom. The number of hydrogen-bond donors (Lipinski definition) is 2. The molecule has 1 aromatic heterocycles. The van der Waals surface area contributed by atoms with Gasteiger partial charge in [0.2, 0.25) is 0 Å². The number of benzene rings is 2. The highest BCUT2D eigenvalue weighted by molar-refractivity contribution is 6.32. The van der Waals surface area contributed by atoms with Gasteiger partial charge in [0.25, 0.3) is 0 Å². The topological polar surface area (TPSA) is 72.6 Å². The minimum absolute atomic E-state index is 0.306. The maximum atomic E-state index is 12.4. The highest BCUT2D eigenvalue weighted by Gasteiger charge is 2.36. The largest absolute Gasteiger partial charge is 0.496 e. The number of carbonyl (C=O) groups excluding carboxylic acids is 1. The zero-order chi connectivity index (χ0) is 19.8. The molecule has 4 rings (SSSR count). The van der Waals surface area contributed by atoms with E-state index in [2.05, 4.69) is 16.4 Å². The molecule has 2 N–H and O–H groups in total. The van der Waals surface area contributed by atoms with Crippen molar-refractivity contribution in [3.63, 3.8) is 0 Å². The van der Waals surface area contributed by atoms with Crippen molar-refractivity contribution in [2.24, 2.45) is 0 Å². The monoisotopic (exact) mass is 400 g/mol. The van der Waals surface area contributed by atoms with E-state index >= 15 is 0 Å². The van der Waals surface area contributed by atoms with Crippen LogP contribution in [0.1, 0.15) is 22.9 Å². The molecule has 2 atom stereocenters. The summed E-state index contributed by atoms with van der Waals surface area (Å²) in [5.41, 5.74) is 3.91. The van der Waals surface area contributed by atoms with Crippen molar-refractivity contribution in [2.45, 2.75) is 18.5 Å². The zero-order valence-electron chi connectivity index (χ0n) is 15.8. The molecule has 0 spiro atoms. The second-order valence-electron chi connectivity index (χ2n) is 6.67. The van der Waals surface area contributed by atoms with Crippen molar-refractivity contribution in [1.82, 2.24) is 10.3 Å². The number of esters is 1. The van der Waals surface area contributed by atoms with Crippen LogP contribution in [0.4, 0.5) is 0 Å². The maximum absolute atomic E-state index is 12.4. The van der Waals surface area contributed by atoms with E-state index in [4.69, 9.17) is 25.8 Å². The number of aromatic amines is 1. The lowest BCUT2D eigenvalue weighted by molar-refractivity contribution is -0.143. The maximum Gasteiger partial charge on any atom is 0.323 e. The molecule has 0 saturated carbocycles. The van der Waals surface area contributed by atoms with E-state index in [1.165, 1.54) is 7.11 Å². The normalized spacial score (nSPS) is 18.6. The van der Waals surface area contributed by atoms with Crippen LogP contribution in [-0.2, 0) is 16.0 Å². The predicted molar refractivity (Wildman–Crippen MR) is 107 cm³/mol. The molecule has 0 bridgehead atoms. The van der Waals surface area contributed by atoms with Gasteiger partial charge in [0, 0.05) is 34.6 Å². The van der Waals surface area contributed by atoms with Gasteiger partial charge in [-0.15, -0.1) is 0 Å². The molecule has 6 nitrogen and oxygen atoms in total. The Kier molecular flexibility index (Phi) is 4.91. The number of para-hydroxylation sites is 1. The quantitative estimate of drug-likeness (QED) is 0.654. The van der Waals surface area contributed by atoms with Crippen LogP contribution >= 0.6 is 11.6 Å². The average molecular weight is 401 g/mol. The van der Waals surface area contributed by atoms with Gasteiger partial charge >= 0.3 is 5.97 Å². The van der Waals surface area contributed by atoms with Crippen LogP contribution in [0.5, 0.6) is 11.5 Å². The lowest BCUT2D eigenvalue weighted by atomic mass is 9.90. The molecule has 28 heavy (non-hydrogen) atoms. The Bertz CT molecular complexity index is 1050. The van der Waals surface area contributed by atoms with E-state index in [0.717, 1.165) is 27.7 Å². The van der Waals surface area contributed by atoms with E-state index in [1.807, 2.05) is 24.3 Å². The summed E-state index contributed by atoms with van der Waals surface area (Å²) >= 11 is 6.40. The lowest BCUT2D eigenvalue weighted by Gasteiger charge is -2.31. The molecular weight excluding hydrogens is 380 g/mol. The number of rotatable bonds is 4. The molecule has 0 saturated heterocycles. The number of ether oxygens (including phenoxy) is 3. The first-order chi connectivity index (χ1) is 13.6. The first-order valence-electron chi connectivity index (χ1n) is 8.92. The molecule has 2 heterocycles. The summed E-state index contributed by atoms with van der Waals surface area (Å²) in [6.07, 6.45) is 0.536. The van der Waals surface area contributed by atoms with Crippen molar-refractivity contribution < 1.29 is 19.0 Å². The highest BCUT2D eigenvalue weighted by Crippen LogP contribution is 2.41. The third-order valence-electron chi connectivity index (χ3n) is 5.21. The first kappa shape index (κ1) is 18.7. The Morgan fingerprint density at radius 2 is 1.86 bits per heavy atom. The molecule has 146 valence electrons. The Labute approximate surface area is 167 Å². The van der Waals surface area contributed by atoms with Crippen molar-refractivity contribution in [3.8, 4) is 11.5 Å². The fourth-order valence-electron chi connectivity index (χ4n) is 3.88. The Balaban J connectivity index is 1.91. The number of nitrogens with one attached hydrogen (secondary N) is 2. The van der Waals surface area contributed by atoms with Crippen molar-refractivity contribution in [3.05, 3.63) is 58.2 Å². The first-order valence-corrected chi connectivity index (χ1v) is 9.30. The van der Waals surface area contributed by atoms with E-state index in [9.17, 15) is 4.79 Å². The Hall–Kier alpha value is -2.70. The fraction of sp³-hybridized carbons (Fsp3) is 0.286. The molecule has 0 amide bonds. The zero-order valence-corrected chi connectivity index (χ0v) is 16.6. The van der Waals surface area contributed by atoms with Crippen LogP contribution in [0, 0.1) is 0 Å². The summed E-state index contributed by atoms with van der Waals surface area (Å²) in [4.78, 5) is 15.9. The molecule has 0 radical (unpaired) electrons. The summed E-state index contributed by atoms with van der Waals surface area (Å²) in [5.74, 6) is 0.841. The average Bonchev–Trinajstić information content (AvgIpc) is 3.11. The molecule has 1 aliphatic rings. The summed E-state index contributed by atoms with van der Waals surface area (Å²) in [6, 6.07) is 10.8. The van der Waals surface area contributed by atoms with Gasteiger partial charge in [-0.1, -0.05) is 29.8 Å². The van der Waals surface area contributed by atoms with Crippen molar-refractivity contribution in [1.29, 1.82) is 0 Å². The van der Waals surface area contributed by atoms with Crippen LogP contribution < -0.4 is 14.8 Å². The summed E-state index contributed by atoms with van der Waals surface area (Å²) < 4.78 is 15.9. The number of carbonyl (C=O) groups is 1. The Morgan fingerprint density at radius 3 is 2.57 bits per heavy atom. The van der Waals surface area contributed by atoms with Gasteiger partial charge in [-0.2, -0.15) is 0 Å². The summed E-state index contributed by atoms with van der Waals surface area (Å²) in [7, 11) is 4.55.